The van der Waals surface area contributed by atoms with Gasteiger partial charge in [0.15, 0.2) is 0 Å². The summed E-state index contributed by atoms with van der Waals surface area (Å²) in [5, 5.41) is 0.947. The van der Waals surface area contributed by atoms with Gasteiger partial charge in [-0.25, -0.2) is 0 Å². The third-order valence-corrected chi connectivity index (χ3v) is 5.59. The number of amides is 1. The molecule has 3 aromatic rings. The second kappa shape index (κ2) is 6.16. The van der Waals surface area contributed by atoms with E-state index >= 15 is 0 Å². The number of H-pyrrole nitrogens is 1. The predicted molar refractivity (Wildman–Crippen MR) is 101 cm³/mol. The molecule has 134 valence electrons. The zero-order valence-corrected chi connectivity index (χ0v) is 15.3. The maximum absolute atomic E-state index is 12.9. The molecule has 0 spiro atoms. The van der Waals surface area contributed by atoms with Gasteiger partial charge in [0.1, 0.15) is 17.5 Å². The average molecular weight is 349 g/mol. The molecule has 1 aliphatic rings. The van der Waals surface area contributed by atoms with Crippen molar-refractivity contribution in [2.45, 2.75) is 32.4 Å². The van der Waals surface area contributed by atoms with Crippen molar-refractivity contribution in [3.05, 3.63) is 60.6 Å². The minimum Gasteiger partial charge on any atom is -0.490 e. The van der Waals surface area contributed by atoms with Crippen LogP contribution in [-0.2, 0) is 0 Å². The quantitative estimate of drug-likeness (QED) is 0.777. The van der Waals surface area contributed by atoms with Crippen LogP contribution in [0.4, 0.5) is 0 Å². The summed E-state index contributed by atoms with van der Waals surface area (Å²) >= 11 is 0. The van der Waals surface area contributed by atoms with Gasteiger partial charge in [0.2, 0.25) is 0 Å². The molecule has 5 heteroatoms. The minimum atomic E-state index is -0.117. The van der Waals surface area contributed by atoms with Gasteiger partial charge < -0.3 is 14.6 Å². The summed E-state index contributed by atoms with van der Waals surface area (Å²) in [5.74, 6) is 0.874. The van der Waals surface area contributed by atoms with Crippen LogP contribution in [0.25, 0.3) is 10.9 Å². The number of nitrogens with one attached hydrogen (secondary N) is 1. The van der Waals surface area contributed by atoms with Crippen molar-refractivity contribution >= 4 is 16.8 Å². The predicted octanol–water partition coefficient (Wildman–Crippen LogP) is 3.88. The first-order valence-corrected chi connectivity index (χ1v) is 8.88. The molecule has 1 aromatic carbocycles. The fourth-order valence-electron chi connectivity index (χ4n) is 3.80. The molecule has 1 aliphatic carbocycles. The number of ether oxygens (including phenoxy) is 1. The molecule has 1 saturated carbocycles. The van der Waals surface area contributed by atoms with Gasteiger partial charge in [-0.05, 0) is 24.3 Å². The van der Waals surface area contributed by atoms with Gasteiger partial charge in [-0.15, -0.1) is 0 Å². The number of hydrogen-bond acceptors (Lipinski definition) is 3. The van der Waals surface area contributed by atoms with Crippen molar-refractivity contribution in [3.63, 3.8) is 0 Å². The summed E-state index contributed by atoms with van der Waals surface area (Å²) in [7, 11) is 1.87. The monoisotopic (exact) mass is 349 g/mol. The van der Waals surface area contributed by atoms with Crippen LogP contribution >= 0.6 is 0 Å². The van der Waals surface area contributed by atoms with Gasteiger partial charge in [-0.3, -0.25) is 9.78 Å². The van der Waals surface area contributed by atoms with E-state index in [-0.39, 0.29) is 23.5 Å². The van der Waals surface area contributed by atoms with Crippen LogP contribution < -0.4 is 4.74 Å². The van der Waals surface area contributed by atoms with Crippen molar-refractivity contribution in [2.24, 2.45) is 5.41 Å². The summed E-state index contributed by atoms with van der Waals surface area (Å²) in [6, 6.07) is 13.7. The Kier molecular flexibility index (Phi) is 3.94. The second-order valence-electron chi connectivity index (χ2n) is 7.55. The lowest BCUT2D eigenvalue weighted by molar-refractivity contribution is -0.0887. The van der Waals surface area contributed by atoms with Gasteiger partial charge in [-0.1, -0.05) is 32.0 Å². The number of fused-ring (bicyclic) bond motifs is 1. The number of benzene rings is 1. The van der Waals surface area contributed by atoms with E-state index < -0.39 is 0 Å². The number of nitrogens with zero attached hydrogens (tertiary/aromatic N) is 2. The SMILES string of the molecule is CN(C(=O)c1cc2cnccc2[nH]1)C1CC(Oc2ccccc2)C1(C)C. The van der Waals surface area contributed by atoms with E-state index in [9.17, 15) is 4.79 Å². The Morgan fingerprint density at radius 1 is 1.27 bits per heavy atom. The number of para-hydroxylation sites is 1. The smallest absolute Gasteiger partial charge is 0.270 e. The standard InChI is InChI=1S/C21H23N3O2/c1-21(2)18(12-19(21)26-15-7-5-4-6-8-15)24(3)20(25)17-11-14-13-22-10-9-16(14)23-17/h4-11,13,18-19,23H,12H2,1-3H3. The molecule has 0 bridgehead atoms. The van der Waals surface area contributed by atoms with E-state index in [4.69, 9.17) is 4.74 Å². The molecule has 1 fully saturated rings. The topological polar surface area (TPSA) is 58.2 Å². The summed E-state index contributed by atoms with van der Waals surface area (Å²) in [6.07, 6.45) is 4.40. The van der Waals surface area contributed by atoms with Gasteiger partial charge >= 0.3 is 0 Å². The summed E-state index contributed by atoms with van der Waals surface area (Å²) in [4.78, 5) is 22.1. The van der Waals surface area contributed by atoms with Crippen LogP contribution in [0.5, 0.6) is 5.75 Å². The van der Waals surface area contributed by atoms with Gasteiger partial charge in [0, 0.05) is 48.2 Å². The van der Waals surface area contributed by atoms with Crippen LogP contribution in [0, 0.1) is 5.41 Å². The van der Waals surface area contributed by atoms with Gasteiger partial charge in [-0.2, -0.15) is 0 Å². The number of aromatic amines is 1. The highest BCUT2D eigenvalue weighted by molar-refractivity contribution is 5.97. The third-order valence-electron chi connectivity index (χ3n) is 5.59. The van der Waals surface area contributed by atoms with Crippen molar-refractivity contribution in [2.75, 3.05) is 7.05 Å². The molecule has 0 aliphatic heterocycles. The number of carbonyl (C=O) groups is 1. The number of pyridine rings is 1. The molecule has 2 atom stereocenters. The van der Waals surface area contributed by atoms with Crippen molar-refractivity contribution < 1.29 is 9.53 Å². The van der Waals surface area contributed by atoms with Crippen molar-refractivity contribution in [3.8, 4) is 5.75 Å². The molecular weight excluding hydrogens is 326 g/mol. The molecule has 1 N–H and O–H groups in total. The van der Waals surface area contributed by atoms with E-state index in [1.807, 2.05) is 54.4 Å². The van der Waals surface area contributed by atoms with Crippen LogP contribution in [-0.4, -0.2) is 40.0 Å². The van der Waals surface area contributed by atoms with Crippen LogP contribution in [0.15, 0.2) is 54.9 Å². The zero-order valence-electron chi connectivity index (χ0n) is 15.3. The Hall–Kier alpha value is -2.82. The molecule has 0 saturated heterocycles. The van der Waals surface area contributed by atoms with E-state index in [2.05, 4.69) is 23.8 Å². The first-order chi connectivity index (χ1) is 12.5. The molecule has 4 rings (SSSR count). The summed E-state index contributed by atoms with van der Waals surface area (Å²) in [5.41, 5.74) is 1.40. The molecule has 26 heavy (non-hydrogen) atoms. The number of rotatable bonds is 4. The average Bonchev–Trinajstić information content (AvgIpc) is 3.08. The van der Waals surface area contributed by atoms with Gasteiger partial charge in [0.25, 0.3) is 5.91 Å². The maximum Gasteiger partial charge on any atom is 0.270 e. The van der Waals surface area contributed by atoms with E-state index in [1.54, 1.807) is 12.4 Å². The molecule has 0 radical (unpaired) electrons. The van der Waals surface area contributed by atoms with Crippen molar-refractivity contribution in [1.82, 2.24) is 14.9 Å². The lowest BCUT2D eigenvalue weighted by Gasteiger charge is -2.54. The van der Waals surface area contributed by atoms with Crippen LogP contribution in [0.1, 0.15) is 30.8 Å². The number of aromatic nitrogens is 2. The summed E-state index contributed by atoms with van der Waals surface area (Å²) in [6.45, 7) is 4.32. The van der Waals surface area contributed by atoms with Crippen LogP contribution in [0.3, 0.4) is 0 Å². The Bertz CT molecular complexity index is 900. The lowest BCUT2D eigenvalue weighted by atomic mass is 9.63. The van der Waals surface area contributed by atoms with E-state index in [1.165, 1.54) is 0 Å². The number of carbonyl (C=O) groups excluding carboxylic acids is 1. The van der Waals surface area contributed by atoms with E-state index in [0.717, 1.165) is 23.1 Å². The first kappa shape index (κ1) is 16.6. The third kappa shape index (κ3) is 2.73. The number of hydrogen-bond donors (Lipinski definition) is 1. The zero-order chi connectivity index (χ0) is 18.3. The molecule has 2 heterocycles. The lowest BCUT2D eigenvalue weighted by Crippen LogP contribution is -2.63. The highest BCUT2D eigenvalue weighted by atomic mass is 16.5. The van der Waals surface area contributed by atoms with Gasteiger partial charge in [0.05, 0.1) is 0 Å². The highest BCUT2D eigenvalue weighted by Gasteiger charge is 2.53. The normalized spacial score (nSPS) is 21.2. The first-order valence-electron chi connectivity index (χ1n) is 8.88. The minimum absolute atomic E-state index is 0.00237. The Labute approximate surface area is 153 Å². The molecule has 1 amide bonds. The van der Waals surface area contributed by atoms with Crippen molar-refractivity contribution in [1.29, 1.82) is 0 Å². The molecular formula is C21H23N3O2. The fourth-order valence-corrected chi connectivity index (χ4v) is 3.80. The largest absolute Gasteiger partial charge is 0.490 e. The van der Waals surface area contributed by atoms with E-state index in [0.29, 0.717) is 5.69 Å². The Morgan fingerprint density at radius 3 is 2.73 bits per heavy atom. The highest BCUT2D eigenvalue weighted by Crippen LogP contribution is 2.46. The molecule has 2 unspecified atom stereocenters. The molecule has 2 aromatic heterocycles. The fraction of sp³-hybridized carbons (Fsp3) is 0.333. The molecule has 5 nitrogen and oxygen atoms in total. The summed E-state index contributed by atoms with van der Waals surface area (Å²) < 4.78 is 6.13. The maximum atomic E-state index is 12.9. The Morgan fingerprint density at radius 2 is 2.04 bits per heavy atom. The second-order valence-corrected chi connectivity index (χ2v) is 7.55. The van der Waals surface area contributed by atoms with Crippen LogP contribution in [0.2, 0.25) is 0 Å². The Balaban J connectivity index is 1.48.